The molecule has 0 aliphatic carbocycles. The smallest absolute Gasteiger partial charge is 0.276 e. The molecule has 0 saturated heterocycles. The van der Waals surface area contributed by atoms with Crippen LogP contribution < -0.4 is 14.3 Å². The Bertz CT molecular complexity index is 901. The van der Waals surface area contributed by atoms with Crippen LogP contribution in [0.1, 0.15) is 17.5 Å². The maximum Gasteiger partial charge on any atom is 0.276 e. The standard InChI is InChI=1S/C20H27N3O4S/c1-15-6-8-19(9-7-15)28(24,25)22-21-20(10-11-23(2)3)16-12-17(26-4)14-18(13-16)27-5/h6-9,12-14,22H,10-11H2,1-5H3/b21-20-. The Morgan fingerprint density at radius 2 is 1.61 bits per heavy atom. The predicted octanol–water partition coefficient (Wildman–Crippen LogP) is 2.65. The van der Waals surface area contributed by atoms with Gasteiger partial charge in [-0.2, -0.15) is 18.4 Å². The highest BCUT2D eigenvalue weighted by Crippen LogP contribution is 2.24. The number of sulfonamides is 1. The fourth-order valence-electron chi connectivity index (χ4n) is 2.45. The second-order valence-electron chi connectivity index (χ2n) is 6.62. The Morgan fingerprint density at radius 3 is 2.11 bits per heavy atom. The zero-order valence-electron chi connectivity index (χ0n) is 16.9. The van der Waals surface area contributed by atoms with Gasteiger partial charge in [0, 0.05) is 24.6 Å². The van der Waals surface area contributed by atoms with Crippen LogP contribution in [0.25, 0.3) is 0 Å². The maximum atomic E-state index is 12.6. The van der Waals surface area contributed by atoms with Crippen molar-refractivity contribution in [3.05, 3.63) is 53.6 Å². The van der Waals surface area contributed by atoms with Gasteiger partial charge in [0.25, 0.3) is 10.0 Å². The van der Waals surface area contributed by atoms with Crippen LogP contribution in [-0.2, 0) is 10.0 Å². The normalized spacial score (nSPS) is 12.1. The number of aryl methyl sites for hydroxylation is 1. The highest BCUT2D eigenvalue weighted by atomic mass is 32.2. The van der Waals surface area contributed by atoms with Gasteiger partial charge in [-0.15, -0.1) is 0 Å². The van der Waals surface area contributed by atoms with Crippen molar-refractivity contribution in [2.45, 2.75) is 18.2 Å². The first-order valence-corrected chi connectivity index (χ1v) is 10.3. The van der Waals surface area contributed by atoms with Crippen molar-refractivity contribution in [1.29, 1.82) is 0 Å². The van der Waals surface area contributed by atoms with E-state index in [9.17, 15) is 8.42 Å². The van der Waals surface area contributed by atoms with Gasteiger partial charge in [-0.1, -0.05) is 17.7 Å². The maximum absolute atomic E-state index is 12.6. The lowest BCUT2D eigenvalue weighted by Gasteiger charge is -2.14. The fraction of sp³-hybridized carbons (Fsp3) is 0.350. The fourth-order valence-corrected chi connectivity index (χ4v) is 3.28. The van der Waals surface area contributed by atoms with E-state index >= 15 is 0 Å². The highest BCUT2D eigenvalue weighted by molar-refractivity contribution is 7.89. The SMILES string of the molecule is COc1cc(OC)cc(/C(CCN(C)C)=N\NS(=O)(=O)c2ccc(C)cc2)c1. The van der Waals surface area contributed by atoms with Gasteiger partial charge < -0.3 is 14.4 Å². The summed E-state index contributed by atoms with van der Waals surface area (Å²) in [5.41, 5.74) is 2.30. The number of nitrogens with one attached hydrogen (secondary N) is 1. The molecule has 152 valence electrons. The van der Waals surface area contributed by atoms with Crippen molar-refractivity contribution in [3.8, 4) is 11.5 Å². The van der Waals surface area contributed by atoms with Crippen LogP contribution in [0.15, 0.2) is 52.5 Å². The highest BCUT2D eigenvalue weighted by Gasteiger charge is 2.15. The van der Waals surface area contributed by atoms with Crippen molar-refractivity contribution in [3.63, 3.8) is 0 Å². The van der Waals surface area contributed by atoms with Gasteiger partial charge in [0.05, 0.1) is 24.8 Å². The first-order chi connectivity index (χ1) is 13.2. The molecule has 2 aromatic carbocycles. The van der Waals surface area contributed by atoms with E-state index in [0.29, 0.717) is 30.2 Å². The molecular weight excluding hydrogens is 378 g/mol. The zero-order chi connectivity index (χ0) is 20.7. The van der Waals surface area contributed by atoms with Crippen LogP contribution in [-0.4, -0.2) is 53.9 Å². The van der Waals surface area contributed by atoms with Crippen molar-refractivity contribution in [1.82, 2.24) is 9.73 Å². The summed E-state index contributed by atoms with van der Waals surface area (Å²) in [4.78, 5) is 4.52. The van der Waals surface area contributed by atoms with Gasteiger partial charge in [0.1, 0.15) is 11.5 Å². The first kappa shape index (κ1) is 21.7. The number of nitrogens with zero attached hydrogens (tertiary/aromatic N) is 2. The molecule has 0 spiro atoms. The second kappa shape index (κ2) is 9.57. The zero-order valence-corrected chi connectivity index (χ0v) is 17.7. The minimum Gasteiger partial charge on any atom is -0.497 e. The third-order valence-corrected chi connectivity index (χ3v) is 5.34. The minimum absolute atomic E-state index is 0.164. The molecule has 2 rings (SSSR count). The molecule has 0 amide bonds. The Labute approximate surface area is 167 Å². The van der Waals surface area contributed by atoms with Gasteiger partial charge in [0.15, 0.2) is 0 Å². The predicted molar refractivity (Wildman–Crippen MR) is 111 cm³/mol. The molecule has 0 saturated carbocycles. The van der Waals surface area contributed by atoms with Gasteiger partial charge in [-0.05, 0) is 45.3 Å². The average molecular weight is 406 g/mol. The Kier molecular flexibility index (Phi) is 7.42. The molecule has 7 nitrogen and oxygen atoms in total. The lowest BCUT2D eigenvalue weighted by Crippen LogP contribution is -2.23. The number of ether oxygens (including phenoxy) is 2. The molecule has 2 aromatic rings. The summed E-state index contributed by atoms with van der Waals surface area (Å²) in [5.74, 6) is 1.21. The van der Waals surface area contributed by atoms with E-state index in [1.54, 1.807) is 56.7 Å². The summed E-state index contributed by atoms with van der Waals surface area (Å²) in [5, 5.41) is 4.23. The van der Waals surface area contributed by atoms with Gasteiger partial charge in [-0.3, -0.25) is 0 Å². The lowest BCUT2D eigenvalue weighted by atomic mass is 10.1. The molecular formula is C20H27N3O4S. The summed E-state index contributed by atoms with van der Waals surface area (Å²) in [7, 11) is 3.26. The summed E-state index contributed by atoms with van der Waals surface area (Å²) < 4.78 is 35.8. The molecule has 0 heterocycles. The second-order valence-corrected chi connectivity index (χ2v) is 8.28. The van der Waals surface area contributed by atoms with E-state index in [2.05, 4.69) is 9.93 Å². The van der Waals surface area contributed by atoms with E-state index < -0.39 is 10.0 Å². The monoisotopic (exact) mass is 405 g/mol. The van der Waals surface area contributed by atoms with Crippen LogP contribution in [0.5, 0.6) is 11.5 Å². The van der Waals surface area contributed by atoms with Gasteiger partial charge in [-0.25, -0.2) is 0 Å². The van der Waals surface area contributed by atoms with Crippen molar-refractivity contribution < 1.29 is 17.9 Å². The van der Waals surface area contributed by atoms with Crippen LogP contribution in [0.3, 0.4) is 0 Å². The molecule has 0 radical (unpaired) electrons. The van der Waals surface area contributed by atoms with Crippen molar-refractivity contribution >= 4 is 15.7 Å². The third kappa shape index (κ3) is 5.97. The largest absolute Gasteiger partial charge is 0.497 e. The van der Waals surface area contributed by atoms with E-state index in [0.717, 1.165) is 11.1 Å². The molecule has 0 aromatic heterocycles. The van der Waals surface area contributed by atoms with Crippen LogP contribution in [0, 0.1) is 6.92 Å². The molecule has 0 unspecified atom stereocenters. The first-order valence-electron chi connectivity index (χ1n) is 8.78. The molecule has 0 fully saturated rings. The Balaban J connectivity index is 2.38. The topological polar surface area (TPSA) is 80.2 Å². The molecule has 0 bridgehead atoms. The Morgan fingerprint density at radius 1 is 1.04 bits per heavy atom. The van der Waals surface area contributed by atoms with Crippen molar-refractivity contribution in [2.75, 3.05) is 34.9 Å². The summed E-state index contributed by atoms with van der Waals surface area (Å²) in [6, 6.07) is 12.0. The number of benzene rings is 2. The summed E-state index contributed by atoms with van der Waals surface area (Å²) in [6.07, 6.45) is 0.541. The molecule has 0 aliphatic rings. The molecule has 8 heteroatoms. The number of hydrogen-bond acceptors (Lipinski definition) is 6. The number of hydrazone groups is 1. The van der Waals surface area contributed by atoms with Crippen molar-refractivity contribution in [2.24, 2.45) is 5.10 Å². The number of rotatable bonds is 9. The molecule has 0 aliphatic heterocycles. The van der Waals surface area contributed by atoms with E-state index in [4.69, 9.17) is 9.47 Å². The van der Waals surface area contributed by atoms with Gasteiger partial charge in [0.2, 0.25) is 0 Å². The Hall–Kier alpha value is -2.58. The molecule has 28 heavy (non-hydrogen) atoms. The quantitative estimate of drug-likeness (QED) is 0.512. The van der Waals surface area contributed by atoms with Gasteiger partial charge >= 0.3 is 0 Å². The van der Waals surface area contributed by atoms with E-state index in [1.165, 1.54) is 0 Å². The van der Waals surface area contributed by atoms with Crippen LogP contribution in [0.4, 0.5) is 0 Å². The minimum atomic E-state index is -3.76. The summed E-state index contributed by atoms with van der Waals surface area (Å²) >= 11 is 0. The van der Waals surface area contributed by atoms with Crippen LogP contribution >= 0.6 is 0 Å². The summed E-state index contributed by atoms with van der Waals surface area (Å²) in [6.45, 7) is 2.60. The lowest BCUT2D eigenvalue weighted by molar-refractivity contribution is 0.394. The average Bonchev–Trinajstić information content (AvgIpc) is 2.67. The third-order valence-electron chi connectivity index (χ3n) is 4.11. The molecule has 1 N–H and O–H groups in total. The van der Waals surface area contributed by atoms with E-state index in [-0.39, 0.29) is 4.90 Å². The number of methoxy groups -OCH3 is 2. The number of hydrogen-bond donors (Lipinski definition) is 1. The van der Waals surface area contributed by atoms with E-state index in [1.807, 2.05) is 25.9 Å². The van der Waals surface area contributed by atoms with Crippen LogP contribution in [0.2, 0.25) is 0 Å². The molecule has 0 atom stereocenters.